The number of hydrogen-bond acceptors (Lipinski definition) is 6. The summed E-state index contributed by atoms with van der Waals surface area (Å²) >= 11 is 0. The van der Waals surface area contributed by atoms with E-state index in [1.807, 2.05) is 52.0 Å². The predicted octanol–water partition coefficient (Wildman–Crippen LogP) is 2.86. The molecule has 196 valence electrons. The van der Waals surface area contributed by atoms with Gasteiger partial charge in [0.2, 0.25) is 21.8 Å². The van der Waals surface area contributed by atoms with Crippen LogP contribution in [0.15, 0.2) is 42.5 Å². The van der Waals surface area contributed by atoms with E-state index < -0.39 is 34.1 Å². The Labute approximate surface area is 213 Å². The first-order chi connectivity index (χ1) is 16.7. The van der Waals surface area contributed by atoms with E-state index in [1.165, 1.54) is 4.90 Å². The molecule has 0 saturated carbocycles. The van der Waals surface area contributed by atoms with Gasteiger partial charge in [-0.3, -0.25) is 13.9 Å². The van der Waals surface area contributed by atoms with Crippen molar-refractivity contribution in [1.29, 1.82) is 0 Å². The van der Waals surface area contributed by atoms with Gasteiger partial charge in [0.15, 0.2) is 11.5 Å². The maximum Gasteiger partial charge on any atom is 0.244 e. The van der Waals surface area contributed by atoms with Crippen molar-refractivity contribution in [3.63, 3.8) is 0 Å². The molecule has 0 bridgehead atoms. The molecule has 1 heterocycles. The lowest BCUT2D eigenvalue weighted by Crippen LogP contribution is -2.54. The summed E-state index contributed by atoms with van der Waals surface area (Å²) < 4.78 is 37.6. The minimum atomic E-state index is -3.84. The van der Waals surface area contributed by atoms with E-state index >= 15 is 0 Å². The molecule has 1 atom stereocenters. The molecule has 3 rings (SSSR count). The van der Waals surface area contributed by atoms with Crippen molar-refractivity contribution in [1.82, 2.24) is 10.2 Å². The topological polar surface area (TPSA) is 105 Å². The summed E-state index contributed by atoms with van der Waals surface area (Å²) in [7, 11) is -3.84. The molecule has 0 spiro atoms. The number of nitrogens with zero attached hydrogens (tertiary/aromatic N) is 2. The lowest BCUT2D eigenvalue weighted by atomic mass is 10.1. The fourth-order valence-electron chi connectivity index (χ4n) is 3.75. The number of nitrogens with one attached hydrogen (secondary N) is 1. The van der Waals surface area contributed by atoms with Crippen molar-refractivity contribution in [3.05, 3.63) is 53.6 Å². The Morgan fingerprint density at radius 3 is 2.22 bits per heavy atom. The monoisotopic (exact) mass is 517 g/mol. The van der Waals surface area contributed by atoms with Crippen LogP contribution in [0.1, 0.15) is 38.8 Å². The van der Waals surface area contributed by atoms with Crippen molar-refractivity contribution in [3.8, 4) is 11.5 Å². The standard InChI is InChI=1S/C26H35N3O6S/c1-18-7-9-20(10-8-18)16-28(19(2)25(31)27-26(3,4)5)24(30)17-29(36(6,32)33)21-11-12-22-23(15-21)35-14-13-34-22/h7-12,15,19H,13-14,16-17H2,1-6H3,(H,27,31). The molecule has 2 aromatic rings. The highest BCUT2D eigenvalue weighted by atomic mass is 32.2. The van der Waals surface area contributed by atoms with Gasteiger partial charge >= 0.3 is 0 Å². The normalized spacial score (nSPS) is 14.1. The number of rotatable bonds is 8. The minimum absolute atomic E-state index is 0.149. The van der Waals surface area contributed by atoms with Crippen LogP contribution in [0.3, 0.4) is 0 Å². The lowest BCUT2D eigenvalue weighted by molar-refractivity contribution is -0.140. The average molecular weight is 518 g/mol. The summed E-state index contributed by atoms with van der Waals surface area (Å²) in [5.74, 6) is 0.0909. The summed E-state index contributed by atoms with van der Waals surface area (Å²) in [5, 5.41) is 2.90. The van der Waals surface area contributed by atoms with Crippen LogP contribution >= 0.6 is 0 Å². The molecule has 0 radical (unpaired) electrons. The number of amides is 2. The number of aryl methyl sites for hydroxylation is 1. The third-order valence-corrected chi connectivity index (χ3v) is 6.77. The van der Waals surface area contributed by atoms with Crippen molar-refractivity contribution in [2.24, 2.45) is 0 Å². The third-order valence-electron chi connectivity index (χ3n) is 5.63. The first-order valence-corrected chi connectivity index (χ1v) is 13.6. The molecular formula is C26H35N3O6S. The van der Waals surface area contributed by atoms with Crippen LogP contribution in [0.2, 0.25) is 0 Å². The largest absolute Gasteiger partial charge is 0.486 e. The molecule has 0 aromatic heterocycles. The number of anilines is 1. The Balaban J connectivity index is 1.92. The van der Waals surface area contributed by atoms with Gasteiger partial charge in [0, 0.05) is 18.2 Å². The molecule has 2 amide bonds. The fourth-order valence-corrected chi connectivity index (χ4v) is 4.59. The maximum absolute atomic E-state index is 13.6. The number of ether oxygens (including phenoxy) is 2. The number of fused-ring (bicyclic) bond motifs is 1. The third kappa shape index (κ3) is 7.13. The number of carbonyl (C=O) groups is 2. The van der Waals surface area contributed by atoms with Gasteiger partial charge in [-0.25, -0.2) is 8.42 Å². The minimum Gasteiger partial charge on any atom is -0.486 e. The summed E-state index contributed by atoms with van der Waals surface area (Å²) in [6, 6.07) is 11.5. The van der Waals surface area contributed by atoms with Crippen LogP contribution in [-0.4, -0.2) is 62.7 Å². The average Bonchev–Trinajstić information content (AvgIpc) is 2.79. The molecular weight excluding hydrogens is 482 g/mol. The summed E-state index contributed by atoms with van der Waals surface area (Å²) in [6.07, 6.45) is 1.04. The van der Waals surface area contributed by atoms with Gasteiger partial charge in [-0.05, 0) is 52.3 Å². The predicted molar refractivity (Wildman–Crippen MR) is 139 cm³/mol. The Hall–Kier alpha value is -3.27. The molecule has 1 aliphatic rings. The van der Waals surface area contributed by atoms with E-state index in [1.54, 1.807) is 25.1 Å². The van der Waals surface area contributed by atoms with Crippen LogP contribution in [0, 0.1) is 6.92 Å². The van der Waals surface area contributed by atoms with Crippen molar-refractivity contribution in [2.75, 3.05) is 30.3 Å². The maximum atomic E-state index is 13.6. The van der Waals surface area contributed by atoms with Crippen molar-refractivity contribution >= 4 is 27.5 Å². The second-order valence-electron chi connectivity index (χ2n) is 10.0. The van der Waals surface area contributed by atoms with Gasteiger partial charge in [-0.2, -0.15) is 0 Å². The van der Waals surface area contributed by atoms with Gasteiger partial charge in [-0.15, -0.1) is 0 Å². The van der Waals surface area contributed by atoms with Gasteiger partial charge in [0.05, 0.1) is 11.9 Å². The second-order valence-corrected chi connectivity index (χ2v) is 11.9. The first-order valence-electron chi connectivity index (χ1n) is 11.8. The summed E-state index contributed by atoms with van der Waals surface area (Å²) in [4.78, 5) is 28.0. The SMILES string of the molecule is Cc1ccc(CN(C(=O)CN(c2ccc3c(c2)OCCO3)S(C)(=O)=O)C(C)C(=O)NC(C)(C)C)cc1. The quantitative estimate of drug-likeness (QED) is 0.577. The molecule has 1 unspecified atom stereocenters. The Morgan fingerprint density at radius 2 is 1.64 bits per heavy atom. The molecule has 2 aromatic carbocycles. The summed E-state index contributed by atoms with van der Waals surface area (Å²) in [6.45, 7) is 9.60. The van der Waals surface area contributed by atoms with Crippen LogP contribution in [0.5, 0.6) is 11.5 Å². The van der Waals surface area contributed by atoms with Gasteiger partial charge in [-0.1, -0.05) is 29.8 Å². The molecule has 0 aliphatic carbocycles. The van der Waals surface area contributed by atoms with E-state index in [4.69, 9.17) is 9.47 Å². The van der Waals surface area contributed by atoms with E-state index in [2.05, 4.69) is 5.32 Å². The smallest absolute Gasteiger partial charge is 0.244 e. The Bertz CT molecular complexity index is 1210. The van der Waals surface area contributed by atoms with Crippen LogP contribution in [0.4, 0.5) is 5.69 Å². The van der Waals surface area contributed by atoms with Crippen molar-refractivity contribution < 1.29 is 27.5 Å². The highest BCUT2D eigenvalue weighted by Gasteiger charge is 2.31. The molecule has 36 heavy (non-hydrogen) atoms. The van der Waals surface area contributed by atoms with Crippen LogP contribution in [-0.2, 0) is 26.2 Å². The number of benzene rings is 2. The molecule has 0 saturated heterocycles. The molecule has 1 aliphatic heterocycles. The number of sulfonamides is 1. The molecule has 10 heteroatoms. The van der Waals surface area contributed by atoms with E-state index in [0.29, 0.717) is 24.7 Å². The Kier molecular flexibility index (Phi) is 8.18. The molecule has 1 N–H and O–H groups in total. The Morgan fingerprint density at radius 1 is 1.03 bits per heavy atom. The summed E-state index contributed by atoms with van der Waals surface area (Å²) in [5.41, 5.74) is 1.68. The fraction of sp³-hybridized carbons (Fsp3) is 0.462. The van der Waals surface area contributed by atoms with Crippen LogP contribution < -0.4 is 19.1 Å². The first kappa shape index (κ1) is 27.3. The zero-order valence-electron chi connectivity index (χ0n) is 21.7. The van der Waals surface area contributed by atoms with E-state index in [0.717, 1.165) is 21.7 Å². The zero-order chi connectivity index (χ0) is 26.7. The van der Waals surface area contributed by atoms with Gasteiger partial charge in [0.25, 0.3) is 0 Å². The second kappa shape index (κ2) is 10.8. The van der Waals surface area contributed by atoms with E-state index in [9.17, 15) is 18.0 Å². The van der Waals surface area contributed by atoms with E-state index in [-0.39, 0.29) is 18.1 Å². The van der Waals surface area contributed by atoms with Crippen LogP contribution in [0.25, 0.3) is 0 Å². The zero-order valence-corrected chi connectivity index (χ0v) is 22.5. The van der Waals surface area contributed by atoms with Crippen molar-refractivity contribution in [2.45, 2.75) is 52.7 Å². The molecule has 9 nitrogen and oxygen atoms in total. The number of carbonyl (C=O) groups excluding carboxylic acids is 2. The number of hydrogen-bond donors (Lipinski definition) is 1. The van der Waals surface area contributed by atoms with Gasteiger partial charge in [0.1, 0.15) is 25.8 Å². The highest BCUT2D eigenvalue weighted by molar-refractivity contribution is 7.92. The van der Waals surface area contributed by atoms with Gasteiger partial charge < -0.3 is 19.7 Å². The highest BCUT2D eigenvalue weighted by Crippen LogP contribution is 2.34. The lowest BCUT2D eigenvalue weighted by Gasteiger charge is -2.33. The molecule has 0 fully saturated rings.